The Morgan fingerprint density at radius 2 is 1.92 bits per heavy atom. The summed E-state index contributed by atoms with van der Waals surface area (Å²) in [6.45, 7) is 2.00. The number of carbonyl (C=O) groups excluding carboxylic acids is 1. The second-order valence-electron chi connectivity index (χ2n) is 4.49. The summed E-state index contributed by atoms with van der Waals surface area (Å²) in [5.74, 6) is 0.931. The molecule has 2 nitrogen and oxygen atoms in total. The highest BCUT2D eigenvalue weighted by molar-refractivity contribution is 5.74. The predicted octanol–water partition coefficient (Wildman–Crippen LogP) is 2.52. The van der Waals surface area contributed by atoms with Gasteiger partial charge in [0.05, 0.1) is 12.0 Å². The first kappa shape index (κ1) is 9.04. The lowest BCUT2D eigenvalue weighted by molar-refractivity contribution is -0.145. The van der Waals surface area contributed by atoms with Crippen molar-refractivity contribution in [1.29, 1.82) is 0 Å². The van der Waals surface area contributed by atoms with Crippen LogP contribution in [-0.2, 0) is 9.53 Å². The van der Waals surface area contributed by atoms with E-state index in [1.54, 1.807) is 0 Å². The van der Waals surface area contributed by atoms with Gasteiger partial charge in [0.1, 0.15) is 0 Å². The molecule has 13 heavy (non-hydrogen) atoms. The Morgan fingerprint density at radius 1 is 1.23 bits per heavy atom. The van der Waals surface area contributed by atoms with Crippen LogP contribution >= 0.6 is 0 Å². The Balaban J connectivity index is 1.95. The van der Waals surface area contributed by atoms with Crippen molar-refractivity contribution in [2.45, 2.75) is 51.6 Å². The smallest absolute Gasteiger partial charge is 0.309 e. The van der Waals surface area contributed by atoms with Crippen LogP contribution in [0.15, 0.2) is 0 Å². The van der Waals surface area contributed by atoms with Crippen molar-refractivity contribution in [3.05, 3.63) is 0 Å². The van der Waals surface area contributed by atoms with E-state index in [0.717, 1.165) is 6.42 Å². The molecule has 2 atom stereocenters. The van der Waals surface area contributed by atoms with E-state index < -0.39 is 0 Å². The molecule has 0 N–H and O–H groups in total. The minimum atomic E-state index is 0.0689. The lowest BCUT2D eigenvalue weighted by atomic mass is 9.79. The van der Waals surface area contributed by atoms with E-state index in [2.05, 4.69) is 0 Å². The van der Waals surface area contributed by atoms with Crippen molar-refractivity contribution < 1.29 is 9.53 Å². The molecule has 0 aromatic heterocycles. The molecule has 74 valence electrons. The van der Waals surface area contributed by atoms with Crippen molar-refractivity contribution in [3.63, 3.8) is 0 Å². The van der Waals surface area contributed by atoms with Gasteiger partial charge in [0.15, 0.2) is 0 Å². The number of esters is 1. The van der Waals surface area contributed by atoms with E-state index in [4.69, 9.17) is 4.74 Å². The first-order valence-electron chi connectivity index (χ1n) is 5.48. The Labute approximate surface area is 79.7 Å². The van der Waals surface area contributed by atoms with Gasteiger partial charge < -0.3 is 4.74 Å². The molecule has 0 radical (unpaired) electrons. The average molecular weight is 182 g/mol. The zero-order valence-electron chi connectivity index (χ0n) is 8.29. The quantitative estimate of drug-likeness (QED) is 0.582. The second kappa shape index (κ2) is 3.69. The molecule has 0 bridgehead atoms. The molecule has 2 aliphatic rings. The number of ether oxygens (including phenoxy) is 1. The Morgan fingerprint density at radius 3 is 2.46 bits per heavy atom. The van der Waals surface area contributed by atoms with Crippen LogP contribution in [0.3, 0.4) is 0 Å². The van der Waals surface area contributed by atoms with E-state index in [-0.39, 0.29) is 18.0 Å². The Hall–Kier alpha value is -0.530. The summed E-state index contributed by atoms with van der Waals surface area (Å²) in [6.07, 6.45) is 7.58. The van der Waals surface area contributed by atoms with Gasteiger partial charge in [0.25, 0.3) is 0 Å². The first-order chi connectivity index (χ1) is 6.27. The lowest BCUT2D eigenvalue weighted by Gasteiger charge is -2.24. The number of hydrogen-bond acceptors (Lipinski definition) is 2. The van der Waals surface area contributed by atoms with Crippen molar-refractivity contribution in [2.24, 2.45) is 11.8 Å². The molecule has 2 fully saturated rings. The van der Waals surface area contributed by atoms with Gasteiger partial charge in [-0.25, -0.2) is 0 Å². The summed E-state index contributed by atoms with van der Waals surface area (Å²) in [4.78, 5) is 11.5. The summed E-state index contributed by atoms with van der Waals surface area (Å²) in [7, 11) is 0. The third kappa shape index (κ3) is 1.87. The second-order valence-corrected chi connectivity index (χ2v) is 4.49. The first-order valence-corrected chi connectivity index (χ1v) is 5.48. The van der Waals surface area contributed by atoms with Crippen molar-refractivity contribution in [2.75, 3.05) is 0 Å². The molecule has 1 aliphatic carbocycles. The van der Waals surface area contributed by atoms with Gasteiger partial charge in [-0.2, -0.15) is 0 Å². The number of hydrogen-bond donors (Lipinski definition) is 0. The van der Waals surface area contributed by atoms with E-state index in [9.17, 15) is 4.79 Å². The number of rotatable bonds is 1. The van der Waals surface area contributed by atoms with Crippen LogP contribution in [0, 0.1) is 11.8 Å². The van der Waals surface area contributed by atoms with Gasteiger partial charge in [-0.3, -0.25) is 4.79 Å². The maximum Gasteiger partial charge on any atom is 0.309 e. The SMILES string of the molecule is C[C@H]1C[C@H](C2CCCCC2)C(=O)O1. The monoisotopic (exact) mass is 182 g/mol. The van der Waals surface area contributed by atoms with E-state index in [1.807, 2.05) is 6.92 Å². The highest BCUT2D eigenvalue weighted by Crippen LogP contribution is 2.36. The fraction of sp³-hybridized carbons (Fsp3) is 0.909. The molecule has 0 aromatic rings. The summed E-state index contributed by atoms with van der Waals surface area (Å²) in [5.41, 5.74) is 0. The molecule has 0 aromatic carbocycles. The summed E-state index contributed by atoms with van der Waals surface area (Å²) >= 11 is 0. The van der Waals surface area contributed by atoms with Crippen LogP contribution in [0.2, 0.25) is 0 Å². The minimum Gasteiger partial charge on any atom is -0.462 e. The molecule has 2 heteroatoms. The van der Waals surface area contributed by atoms with Crippen LogP contribution in [-0.4, -0.2) is 12.1 Å². The molecule has 1 saturated carbocycles. The fourth-order valence-corrected chi connectivity index (χ4v) is 2.71. The zero-order valence-corrected chi connectivity index (χ0v) is 8.29. The third-order valence-electron chi connectivity index (χ3n) is 3.42. The maximum absolute atomic E-state index is 11.5. The largest absolute Gasteiger partial charge is 0.462 e. The van der Waals surface area contributed by atoms with Crippen molar-refractivity contribution in [1.82, 2.24) is 0 Å². The normalized spacial score (nSPS) is 36.2. The van der Waals surface area contributed by atoms with Crippen LogP contribution < -0.4 is 0 Å². The maximum atomic E-state index is 11.5. The molecule has 1 heterocycles. The van der Waals surface area contributed by atoms with Gasteiger partial charge in [0, 0.05) is 0 Å². The van der Waals surface area contributed by atoms with Gasteiger partial charge in [-0.05, 0) is 32.1 Å². The van der Waals surface area contributed by atoms with Crippen LogP contribution in [0.5, 0.6) is 0 Å². The average Bonchev–Trinajstić information content (AvgIpc) is 2.47. The van der Waals surface area contributed by atoms with Gasteiger partial charge in [0.2, 0.25) is 0 Å². The Kier molecular flexibility index (Phi) is 2.56. The summed E-state index contributed by atoms with van der Waals surface area (Å²) in [6, 6.07) is 0. The molecule has 0 spiro atoms. The molecule has 0 amide bonds. The predicted molar refractivity (Wildman–Crippen MR) is 50.2 cm³/mol. The van der Waals surface area contributed by atoms with Crippen LogP contribution in [0.1, 0.15) is 45.4 Å². The fourth-order valence-electron chi connectivity index (χ4n) is 2.71. The summed E-state index contributed by atoms with van der Waals surface area (Å²) < 4.78 is 5.19. The molecule has 1 aliphatic heterocycles. The molecule has 2 rings (SSSR count). The molecule has 1 saturated heterocycles. The molecular weight excluding hydrogens is 164 g/mol. The number of cyclic esters (lactones) is 1. The van der Waals surface area contributed by atoms with Gasteiger partial charge in [-0.15, -0.1) is 0 Å². The summed E-state index contributed by atoms with van der Waals surface area (Å²) in [5, 5.41) is 0. The topological polar surface area (TPSA) is 26.3 Å². The minimum absolute atomic E-state index is 0.0689. The van der Waals surface area contributed by atoms with E-state index >= 15 is 0 Å². The van der Waals surface area contributed by atoms with E-state index in [0.29, 0.717) is 5.92 Å². The Bertz CT molecular complexity index is 194. The van der Waals surface area contributed by atoms with Gasteiger partial charge in [-0.1, -0.05) is 19.3 Å². The van der Waals surface area contributed by atoms with Crippen molar-refractivity contribution >= 4 is 5.97 Å². The molecule has 0 unspecified atom stereocenters. The third-order valence-corrected chi connectivity index (χ3v) is 3.42. The molecular formula is C11H18O2. The van der Waals surface area contributed by atoms with Crippen LogP contribution in [0.25, 0.3) is 0 Å². The van der Waals surface area contributed by atoms with Crippen LogP contribution in [0.4, 0.5) is 0 Å². The standard InChI is InChI=1S/C11H18O2/c1-8-7-10(11(12)13-8)9-5-3-2-4-6-9/h8-10H,2-7H2,1H3/t8-,10+/m0/s1. The van der Waals surface area contributed by atoms with Gasteiger partial charge >= 0.3 is 5.97 Å². The number of carbonyl (C=O) groups is 1. The lowest BCUT2D eigenvalue weighted by Crippen LogP contribution is -2.21. The zero-order chi connectivity index (χ0) is 9.26. The highest BCUT2D eigenvalue weighted by atomic mass is 16.5. The van der Waals surface area contributed by atoms with Crippen molar-refractivity contribution in [3.8, 4) is 0 Å². The highest BCUT2D eigenvalue weighted by Gasteiger charge is 2.37. The van der Waals surface area contributed by atoms with E-state index in [1.165, 1.54) is 32.1 Å².